The lowest BCUT2D eigenvalue weighted by Gasteiger charge is -2.18. The highest BCUT2D eigenvalue weighted by molar-refractivity contribution is 5.16. The smallest absolute Gasteiger partial charge is 0.0648 e. The molecule has 2 nitrogen and oxygen atoms in total. The highest BCUT2D eigenvalue weighted by Crippen LogP contribution is 2.45. The maximum Gasteiger partial charge on any atom is 0.0648 e. The second-order valence-corrected chi connectivity index (χ2v) is 4.18. The molecule has 2 heteroatoms. The maximum atomic E-state index is 9.91. The zero-order chi connectivity index (χ0) is 8.72. The van der Waals surface area contributed by atoms with Gasteiger partial charge in [-0.1, -0.05) is 11.6 Å². The summed E-state index contributed by atoms with van der Waals surface area (Å²) in [6.45, 7) is 2.77. The molecule has 0 aliphatic heterocycles. The molecule has 0 spiro atoms. The molecule has 0 aromatic carbocycles. The Kier molecular flexibility index (Phi) is 1.97. The molecule has 1 fully saturated rings. The monoisotopic (exact) mass is 167 g/mol. The van der Waals surface area contributed by atoms with E-state index in [1.54, 1.807) is 0 Å². The number of nitrogens with two attached hydrogens (primary N) is 1. The zero-order valence-electron chi connectivity index (χ0n) is 7.53. The Balaban J connectivity index is 2.21. The van der Waals surface area contributed by atoms with Crippen molar-refractivity contribution < 1.29 is 5.11 Å². The average Bonchev–Trinajstić information content (AvgIpc) is 2.33. The fourth-order valence-corrected chi connectivity index (χ4v) is 2.76. The fraction of sp³-hybridized carbons (Fsp3) is 0.800. The lowest BCUT2D eigenvalue weighted by atomic mass is 9.88. The molecule has 0 radical (unpaired) electrons. The van der Waals surface area contributed by atoms with Crippen molar-refractivity contribution in [2.75, 3.05) is 6.54 Å². The summed E-state index contributed by atoms with van der Waals surface area (Å²) in [4.78, 5) is 0. The number of hydrogen-bond acceptors (Lipinski definition) is 2. The second-order valence-electron chi connectivity index (χ2n) is 4.18. The van der Waals surface area contributed by atoms with Crippen LogP contribution in [0, 0.1) is 17.8 Å². The van der Waals surface area contributed by atoms with E-state index < -0.39 is 0 Å². The third kappa shape index (κ3) is 1.02. The summed E-state index contributed by atoms with van der Waals surface area (Å²) < 4.78 is 0. The number of aliphatic hydroxyl groups is 1. The molecule has 1 saturated carbocycles. The van der Waals surface area contributed by atoms with Gasteiger partial charge >= 0.3 is 0 Å². The van der Waals surface area contributed by atoms with E-state index in [0.717, 1.165) is 12.8 Å². The van der Waals surface area contributed by atoms with Crippen LogP contribution in [0.2, 0.25) is 0 Å². The topological polar surface area (TPSA) is 46.2 Å². The predicted octanol–water partition coefficient (Wildman–Crippen LogP) is 0.908. The fourth-order valence-electron chi connectivity index (χ4n) is 2.76. The summed E-state index contributed by atoms with van der Waals surface area (Å²) in [7, 11) is 0. The van der Waals surface area contributed by atoms with Gasteiger partial charge in [0, 0.05) is 11.8 Å². The SMILES string of the molecule is CC1=CC[C@H]2C[C@@H]1[C@@H](O)[C@H]2CN. The summed E-state index contributed by atoms with van der Waals surface area (Å²) >= 11 is 0. The Bertz CT molecular complexity index is 212. The third-order valence-electron chi connectivity index (χ3n) is 3.61. The Morgan fingerprint density at radius 2 is 2.42 bits per heavy atom. The van der Waals surface area contributed by atoms with Crippen molar-refractivity contribution in [3.63, 3.8) is 0 Å². The summed E-state index contributed by atoms with van der Waals surface area (Å²) in [5.74, 6) is 1.42. The van der Waals surface area contributed by atoms with Crippen LogP contribution in [0.4, 0.5) is 0 Å². The lowest BCUT2D eigenvalue weighted by Crippen LogP contribution is -2.28. The molecule has 3 N–H and O–H groups in total. The first-order valence-corrected chi connectivity index (χ1v) is 4.79. The number of fused-ring (bicyclic) bond motifs is 2. The van der Waals surface area contributed by atoms with E-state index in [1.807, 2.05) is 0 Å². The quantitative estimate of drug-likeness (QED) is 0.570. The van der Waals surface area contributed by atoms with Crippen molar-refractivity contribution in [2.45, 2.75) is 25.9 Å². The van der Waals surface area contributed by atoms with Gasteiger partial charge in [0.2, 0.25) is 0 Å². The Hall–Kier alpha value is -0.340. The normalized spacial score (nSPS) is 46.1. The van der Waals surface area contributed by atoms with Crippen LogP contribution in [0.25, 0.3) is 0 Å². The van der Waals surface area contributed by atoms with Crippen molar-refractivity contribution in [1.82, 2.24) is 0 Å². The number of rotatable bonds is 1. The minimum absolute atomic E-state index is 0.168. The van der Waals surface area contributed by atoms with Gasteiger partial charge < -0.3 is 10.8 Å². The third-order valence-corrected chi connectivity index (χ3v) is 3.61. The van der Waals surface area contributed by atoms with Crippen molar-refractivity contribution in [2.24, 2.45) is 23.5 Å². The molecule has 12 heavy (non-hydrogen) atoms. The van der Waals surface area contributed by atoms with E-state index in [9.17, 15) is 5.11 Å². The summed E-state index contributed by atoms with van der Waals surface area (Å²) in [5.41, 5.74) is 7.01. The highest BCUT2D eigenvalue weighted by Gasteiger charge is 2.43. The Labute approximate surface area is 73.5 Å². The van der Waals surface area contributed by atoms with Gasteiger partial charge in [-0.3, -0.25) is 0 Å². The molecule has 0 saturated heterocycles. The predicted molar refractivity (Wildman–Crippen MR) is 48.5 cm³/mol. The van der Waals surface area contributed by atoms with Crippen molar-refractivity contribution in [3.05, 3.63) is 11.6 Å². The first-order valence-electron chi connectivity index (χ1n) is 4.79. The molecule has 0 aromatic rings. The standard InChI is InChI=1S/C10H17NO/c1-6-2-3-7-4-8(6)10(12)9(7)5-11/h2,7-10,12H,3-5,11H2,1H3/t7-,8-,9-,10+/m0/s1. The van der Waals surface area contributed by atoms with E-state index in [2.05, 4.69) is 13.0 Å². The van der Waals surface area contributed by atoms with Crippen LogP contribution in [0.5, 0.6) is 0 Å². The van der Waals surface area contributed by atoms with E-state index >= 15 is 0 Å². The van der Waals surface area contributed by atoms with Gasteiger partial charge in [0.15, 0.2) is 0 Å². The summed E-state index contributed by atoms with van der Waals surface area (Å²) in [5, 5.41) is 9.91. The maximum absolute atomic E-state index is 9.91. The van der Waals surface area contributed by atoms with Gasteiger partial charge in [0.25, 0.3) is 0 Å². The van der Waals surface area contributed by atoms with Crippen molar-refractivity contribution in [3.8, 4) is 0 Å². The van der Waals surface area contributed by atoms with Crippen LogP contribution in [-0.2, 0) is 0 Å². The molecule has 0 heterocycles. The van der Waals surface area contributed by atoms with E-state index in [-0.39, 0.29) is 6.10 Å². The van der Waals surface area contributed by atoms with E-state index in [0.29, 0.717) is 24.3 Å². The molecule has 2 bridgehead atoms. The molecule has 0 unspecified atom stereocenters. The number of aliphatic hydroxyl groups excluding tert-OH is 1. The number of allylic oxidation sites excluding steroid dienone is 1. The van der Waals surface area contributed by atoms with Gasteiger partial charge in [-0.25, -0.2) is 0 Å². The molecule has 2 rings (SSSR count). The molecule has 68 valence electrons. The van der Waals surface area contributed by atoms with Crippen LogP contribution in [0.3, 0.4) is 0 Å². The Morgan fingerprint density at radius 3 is 3.00 bits per heavy atom. The molecule has 2 aliphatic carbocycles. The van der Waals surface area contributed by atoms with Gasteiger partial charge in [-0.05, 0) is 32.2 Å². The summed E-state index contributed by atoms with van der Waals surface area (Å²) in [6, 6.07) is 0. The first-order chi connectivity index (χ1) is 5.74. The van der Waals surface area contributed by atoms with Gasteiger partial charge in [-0.2, -0.15) is 0 Å². The molecule has 2 aliphatic rings. The first kappa shape index (κ1) is 8.27. The molecular weight excluding hydrogens is 150 g/mol. The Morgan fingerprint density at radius 1 is 1.67 bits per heavy atom. The number of hydrogen-bond donors (Lipinski definition) is 2. The molecule has 4 atom stereocenters. The van der Waals surface area contributed by atoms with Crippen LogP contribution in [0.15, 0.2) is 11.6 Å². The van der Waals surface area contributed by atoms with Crippen molar-refractivity contribution in [1.29, 1.82) is 0 Å². The van der Waals surface area contributed by atoms with E-state index in [4.69, 9.17) is 5.73 Å². The highest BCUT2D eigenvalue weighted by atomic mass is 16.3. The minimum atomic E-state index is -0.168. The van der Waals surface area contributed by atoms with Gasteiger partial charge in [0.1, 0.15) is 0 Å². The van der Waals surface area contributed by atoms with E-state index in [1.165, 1.54) is 5.57 Å². The van der Waals surface area contributed by atoms with Gasteiger partial charge in [0.05, 0.1) is 6.10 Å². The van der Waals surface area contributed by atoms with Crippen molar-refractivity contribution >= 4 is 0 Å². The van der Waals surface area contributed by atoms with Crippen LogP contribution >= 0.6 is 0 Å². The molecular formula is C10H17NO. The van der Waals surface area contributed by atoms with Gasteiger partial charge in [-0.15, -0.1) is 0 Å². The van der Waals surface area contributed by atoms with Crippen LogP contribution in [-0.4, -0.2) is 17.8 Å². The largest absolute Gasteiger partial charge is 0.392 e. The minimum Gasteiger partial charge on any atom is -0.392 e. The zero-order valence-corrected chi connectivity index (χ0v) is 7.53. The second kappa shape index (κ2) is 2.86. The van der Waals surface area contributed by atoms with Crippen LogP contribution < -0.4 is 5.73 Å². The molecule has 0 aromatic heterocycles. The molecule has 0 amide bonds. The lowest BCUT2D eigenvalue weighted by molar-refractivity contribution is 0.101. The average molecular weight is 167 g/mol. The summed E-state index contributed by atoms with van der Waals surface area (Å²) in [6.07, 6.45) is 4.39. The van der Waals surface area contributed by atoms with Crippen LogP contribution in [0.1, 0.15) is 19.8 Å².